The van der Waals surface area contributed by atoms with Crippen LogP contribution < -0.4 is 5.32 Å². The molecule has 180 valence electrons. The highest BCUT2D eigenvalue weighted by Gasteiger charge is 2.30. The van der Waals surface area contributed by atoms with Gasteiger partial charge in [0.2, 0.25) is 11.8 Å². The van der Waals surface area contributed by atoms with E-state index < -0.39 is 5.41 Å². The molecule has 1 N–H and O–H groups in total. The normalized spacial score (nSPS) is 16.8. The quantitative estimate of drug-likeness (QED) is 0.611. The third-order valence-electron chi connectivity index (χ3n) is 6.27. The van der Waals surface area contributed by atoms with Crippen LogP contribution in [0.5, 0.6) is 0 Å². The molecule has 1 saturated heterocycles. The minimum absolute atomic E-state index is 0.000726. The molecular weight excluding hydrogens is 428 g/mol. The Balaban J connectivity index is 1.83. The summed E-state index contributed by atoms with van der Waals surface area (Å²) in [4.78, 5) is 36.5. The lowest BCUT2D eigenvalue weighted by molar-refractivity contribution is -0.136. The standard InChI is InChI=1S/C26H34N6O2/c1-16(2)24(33)31-13-7-8-19(14-31)32-23-20(21(30-32)18-11-9-17(3)10-12-18)22(27-15-28-23)29-25(34)26(4,5)6/h9-12,15-16,19H,7-8,13-14H2,1-6H3,(H,27,28,29,34)/t19-/m1/s1. The van der Waals surface area contributed by atoms with Crippen LogP contribution >= 0.6 is 0 Å². The maximum absolute atomic E-state index is 12.8. The summed E-state index contributed by atoms with van der Waals surface area (Å²) >= 11 is 0. The van der Waals surface area contributed by atoms with Gasteiger partial charge >= 0.3 is 0 Å². The Labute approximate surface area is 200 Å². The Morgan fingerprint density at radius 3 is 2.47 bits per heavy atom. The van der Waals surface area contributed by atoms with E-state index in [1.807, 2.05) is 75.4 Å². The summed E-state index contributed by atoms with van der Waals surface area (Å²) in [6.07, 6.45) is 3.28. The highest BCUT2D eigenvalue weighted by Crippen LogP contribution is 2.35. The van der Waals surface area contributed by atoms with Crippen LogP contribution in [-0.4, -0.2) is 49.6 Å². The lowest BCUT2D eigenvalue weighted by Gasteiger charge is -2.34. The molecule has 2 aromatic heterocycles. The number of hydrogen-bond acceptors (Lipinski definition) is 5. The summed E-state index contributed by atoms with van der Waals surface area (Å²) < 4.78 is 1.93. The number of nitrogens with zero attached hydrogens (tertiary/aromatic N) is 5. The smallest absolute Gasteiger partial charge is 0.230 e. The number of carbonyl (C=O) groups excluding carboxylic acids is 2. The molecule has 1 fully saturated rings. The molecule has 8 heteroatoms. The van der Waals surface area contributed by atoms with E-state index in [1.165, 1.54) is 6.33 Å². The number of hydrogen-bond donors (Lipinski definition) is 1. The van der Waals surface area contributed by atoms with Crippen molar-refractivity contribution in [2.24, 2.45) is 11.3 Å². The van der Waals surface area contributed by atoms with Gasteiger partial charge in [-0.15, -0.1) is 0 Å². The van der Waals surface area contributed by atoms with E-state index in [4.69, 9.17) is 5.10 Å². The first-order valence-electron chi connectivity index (χ1n) is 12.0. The summed E-state index contributed by atoms with van der Waals surface area (Å²) in [6, 6.07) is 8.14. The number of amides is 2. The van der Waals surface area contributed by atoms with E-state index in [-0.39, 0.29) is 23.8 Å². The first-order chi connectivity index (χ1) is 16.1. The van der Waals surface area contributed by atoms with E-state index in [1.54, 1.807) is 0 Å². The van der Waals surface area contributed by atoms with Crippen LogP contribution in [0.1, 0.15) is 59.1 Å². The number of piperidine rings is 1. The van der Waals surface area contributed by atoms with E-state index in [0.717, 1.165) is 41.6 Å². The Morgan fingerprint density at radius 1 is 1.12 bits per heavy atom. The number of fused-ring (bicyclic) bond motifs is 1. The van der Waals surface area contributed by atoms with Gasteiger partial charge in [-0.3, -0.25) is 9.59 Å². The molecule has 0 saturated carbocycles. The second-order valence-electron chi connectivity index (χ2n) is 10.5. The SMILES string of the molecule is Cc1ccc(-c2nn([C@@H]3CCCN(C(=O)C(C)C)C3)c3ncnc(NC(=O)C(C)(C)C)c23)cc1. The predicted molar refractivity (Wildman–Crippen MR) is 133 cm³/mol. The fourth-order valence-corrected chi connectivity index (χ4v) is 4.25. The number of aromatic nitrogens is 4. The van der Waals surface area contributed by atoms with Gasteiger partial charge in [-0.1, -0.05) is 64.4 Å². The van der Waals surface area contributed by atoms with Crippen LogP contribution in [-0.2, 0) is 9.59 Å². The molecule has 1 atom stereocenters. The molecule has 8 nitrogen and oxygen atoms in total. The summed E-state index contributed by atoms with van der Waals surface area (Å²) in [5, 5.41) is 8.72. The van der Waals surface area contributed by atoms with Crippen molar-refractivity contribution in [3.8, 4) is 11.3 Å². The Bertz CT molecular complexity index is 1210. The molecule has 0 bridgehead atoms. The Kier molecular flexibility index (Phi) is 6.43. The van der Waals surface area contributed by atoms with Crippen molar-refractivity contribution in [2.75, 3.05) is 18.4 Å². The maximum atomic E-state index is 12.8. The van der Waals surface area contributed by atoms with Crippen LogP contribution in [0.4, 0.5) is 5.82 Å². The molecule has 4 rings (SSSR count). The van der Waals surface area contributed by atoms with Crippen molar-refractivity contribution in [3.05, 3.63) is 36.2 Å². The van der Waals surface area contributed by atoms with Crippen molar-refractivity contribution in [3.63, 3.8) is 0 Å². The van der Waals surface area contributed by atoms with Gasteiger partial charge in [-0.05, 0) is 19.8 Å². The van der Waals surface area contributed by atoms with Crippen LogP contribution in [0.25, 0.3) is 22.3 Å². The summed E-state index contributed by atoms with van der Waals surface area (Å²) in [6.45, 7) is 12.9. The van der Waals surface area contributed by atoms with Crippen molar-refractivity contribution in [2.45, 2.75) is 60.4 Å². The lowest BCUT2D eigenvalue weighted by Crippen LogP contribution is -2.42. The number of anilines is 1. The van der Waals surface area contributed by atoms with E-state index in [9.17, 15) is 9.59 Å². The largest absolute Gasteiger partial charge is 0.340 e. The number of nitrogens with one attached hydrogen (secondary N) is 1. The molecule has 0 unspecified atom stereocenters. The third-order valence-corrected chi connectivity index (χ3v) is 6.27. The molecular formula is C26H34N6O2. The fraction of sp³-hybridized carbons (Fsp3) is 0.500. The van der Waals surface area contributed by atoms with Crippen molar-refractivity contribution >= 4 is 28.7 Å². The third kappa shape index (κ3) is 4.67. The molecule has 1 aromatic carbocycles. The van der Waals surface area contributed by atoms with Crippen molar-refractivity contribution in [1.29, 1.82) is 0 Å². The first kappa shape index (κ1) is 23.9. The average molecular weight is 463 g/mol. The number of carbonyl (C=O) groups is 2. The zero-order chi connectivity index (χ0) is 24.6. The van der Waals surface area contributed by atoms with Crippen molar-refractivity contribution in [1.82, 2.24) is 24.6 Å². The van der Waals surface area contributed by atoms with Gasteiger partial charge in [0.1, 0.15) is 17.8 Å². The number of benzene rings is 1. The monoisotopic (exact) mass is 462 g/mol. The zero-order valence-electron chi connectivity index (χ0n) is 20.9. The molecule has 0 spiro atoms. The fourth-order valence-electron chi connectivity index (χ4n) is 4.25. The molecule has 1 aliphatic rings. The lowest BCUT2D eigenvalue weighted by atomic mass is 9.95. The predicted octanol–water partition coefficient (Wildman–Crippen LogP) is 4.61. The van der Waals surface area contributed by atoms with Crippen LogP contribution in [0.2, 0.25) is 0 Å². The Morgan fingerprint density at radius 2 is 1.82 bits per heavy atom. The number of rotatable bonds is 4. The second kappa shape index (κ2) is 9.16. The van der Waals surface area contributed by atoms with Crippen molar-refractivity contribution < 1.29 is 9.59 Å². The number of likely N-dealkylation sites (tertiary alicyclic amines) is 1. The van der Waals surface area contributed by atoms with Crippen LogP contribution in [0, 0.1) is 18.3 Å². The van der Waals surface area contributed by atoms with E-state index >= 15 is 0 Å². The highest BCUT2D eigenvalue weighted by atomic mass is 16.2. The molecule has 34 heavy (non-hydrogen) atoms. The highest BCUT2D eigenvalue weighted by molar-refractivity contribution is 6.05. The maximum Gasteiger partial charge on any atom is 0.230 e. The summed E-state index contributed by atoms with van der Waals surface area (Å²) in [7, 11) is 0. The first-order valence-corrected chi connectivity index (χ1v) is 12.0. The van der Waals surface area contributed by atoms with Crippen LogP contribution in [0.3, 0.4) is 0 Å². The zero-order valence-corrected chi connectivity index (χ0v) is 20.9. The minimum atomic E-state index is -0.571. The van der Waals surface area contributed by atoms with Gasteiger partial charge < -0.3 is 10.2 Å². The molecule has 3 aromatic rings. The minimum Gasteiger partial charge on any atom is -0.340 e. The second-order valence-corrected chi connectivity index (χ2v) is 10.5. The molecule has 2 amide bonds. The Hall–Kier alpha value is -3.29. The van der Waals surface area contributed by atoms with E-state index in [0.29, 0.717) is 18.0 Å². The molecule has 3 heterocycles. The topological polar surface area (TPSA) is 93.0 Å². The molecule has 0 radical (unpaired) electrons. The number of aryl methyl sites for hydroxylation is 1. The van der Waals surface area contributed by atoms with Crippen LogP contribution in [0.15, 0.2) is 30.6 Å². The van der Waals surface area contributed by atoms with Gasteiger partial charge in [0.25, 0.3) is 0 Å². The van der Waals surface area contributed by atoms with Gasteiger partial charge in [0.15, 0.2) is 5.65 Å². The van der Waals surface area contributed by atoms with Gasteiger partial charge in [-0.25, -0.2) is 14.6 Å². The van der Waals surface area contributed by atoms with Gasteiger partial charge in [0, 0.05) is 30.0 Å². The van der Waals surface area contributed by atoms with E-state index in [2.05, 4.69) is 15.3 Å². The van der Waals surface area contributed by atoms with Gasteiger partial charge in [-0.2, -0.15) is 5.10 Å². The molecule has 1 aliphatic heterocycles. The summed E-state index contributed by atoms with van der Waals surface area (Å²) in [5.41, 5.74) is 2.91. The summed E-state index contributed by atoms with van der Waals surface area (Å²) in [5.74, 6) is 0.449. The average Bonchev–Trinajstić information content (AvgIpc) is 3.19. The molecule has 0 aliphatic carbocycles. The van der Waals surface area contributed by atoms with Gasteiger partial charge in [0.05, 0.1) is 11.4 Å².